The molecule has 15 heteroatoms. The van der Waals surface area contributed by atoms with Crippen molar-refractivity contribution >= 4 is 50.0 Å². The maximum atomic E-state index is 12.6. The fourth-order valence-electron chi connectivity index (χ4n) is 2.95. The van der Waals surface area contributed by atoms with Gasteiger partial charge in [0.2, 0.25) is 5.91 Å². The van der Waals surface area contributed by atoms with Gasteiger partial charge in [0.25, 0.3) is 10.0 Å². The first-order valence-corrected chi connectivity index (χ1v) is 12.1. The number of nitrogens with one attached hydrogen (secondary N) is 1. The van der Waals surface area contributed by atoms with Crippen LogP contribution in [0.1, 0.15) is 11.3 Å². The molecule has 1 saturated heterocycles. The van der Waals surface area contributed by atoms with Crippen molar-refractivity contribution in [2.24, 2.45) is 0 Å². The Hall–Kier alpha value is -2.42. The van der Waals surface area contributed by atoms with Crippen LogP contribution in [-0.4, -0.2) is 67.6 Å². The van der Waals surface area contributed by atoms with Gasteiger partial charge in [-0.05, 0) is 24.6 Å². The molecule has 0 spiro atoms. The molecule has 1 aromatic carbocycles. The number of carbonyl (C=O) groups excluding carboxylic acids is 2. The monoisotopic (exact) mass is 526 g/mol. The van der Waals surface area contributed by atoms with Gasteiger partial charge < -0.3 is 9.74 Å². The number of rotatable bonds is 6. The third-order valence-electron chi connectivity index (χ3n) is 4.65. The molecule has 1 amide bonds. The van der Waals surface area contributed by atoms with E-state index in [4.69, 9.17) is 11.6 Å². The first-order chi connectivity index (χ1) is 15.4. The first-order valence-electron chi connectivity index (χ1n) is 9.41. The number of hydroxylamine groups is 2. The molecule has 3 rings (SSSR count). The Kier molecular flexibility index (Phi) is 7.51. The summed E-state index contributed by atoms with van der Waals surface area (Å²) >= 11 is 6.99. The average molecular weight is 527 g/mol. The van der Waals surface area contributed by atoms with Crippen molar-refractivity contribution in [2.75, 3.05) is 30.9 Å². The standard InChI is InChI=1S/C18H18ClF3N4O5S2/c1-11-13(19)3-2-4-14(11)33(29,30)24-17-23-12(10-32-17)9-15(27)25-5-7-26(8-6-25)31-16(28)18(20,21)22/h2-4,10H,5-9H2,1H3,(H,23,24). The van der Waals surface area contributed by atoms with E-state index in [0.717, 1.165) is 16.4 Å². The van der Waals surface area contributed by atoms with Crippen molar-refractivity contribution in [3.8, 4) is 0 Å². The normalized spacial score (nSPS) is 15.4. The Balaban J connectivity index is 1.55. The molecule has 0 radical (unpaired) electrons. The first kappa shape index (κ1) is 25.2. The molecule has 1 aromatic heterocycles. The van der Waals surface area contributed by atoms with E-state index in [0.29, 0.717) is 16.3 Å². The minimum absolute atomic E-state index is 0.00641. The van der Waals surface area contributed by atoms with Crippen molar-refractivity contribution in [1.29, 1.82) is 0 Å². The third-order valence-corrected chi connectivity index (χ3v) is 7.48. The quantitative estimate of drug-likeness (QED) is 0.616. The zero-order valence-electron chi connectivity index (χ0n) is 17.1. The van der Waals surface area contributed by atoms with Crippen molar-refractivity contribution in [3.05, 3.63) is 39.9 Å². The molecule has 0 bridgehead atoms. The summed E-state index contributed by atoms with van der Waals surface area (Å²) in [7, 11) is -3.94. The van der Waals surface area contributed by atoms with Gasteiger partial charge in [0.15, 0.2) is 5.13 Å². The SMILES string of the molecule is Cc1c(Cl)cccc1S(=O)(=O)Nc1nc(CC(=O)N2CCN(OC(=O)C(F)(F)F)CC2)cs1. The summed E-state index contributed by atoms with van der Waals surface area (Å²) in [4.78, 5) is 33.2. The molecule has 0 atom stereocenters. The minimum Gasteiger partial charge on any atom is -0.361 e. The highest BCUT2D eigenvalue weighted by Crippen LogP contribution is 2.26. The largest absolute Gasteiger partial charge is 0.492 e. The molecule has 2 aromatic rings. The number of aromatic nitrogens is 1. The Morgan fingerprint density at radius 2 is 1.91 bits per heavy atom. The molecule has 1 aliphatic rings. The summed E-state index contributed by atoms with van der Waals surface area (Å²) in [5.74, 6) is -2.66. The van der Waals surface area contributed by atoms with Crippen molar-refractivity contribution < 1.29 is 36.0 Å². The average Bonchev–Trinajstić information content (AvgIpc) is 3.15. The van der Waals surface area contributed by atoms with Crippen molar-refractivity contribution in [1.82, 2.24) is 14.9 Å². The summed E-state index contributed by atoms with van der Waals surface area (Å²) < 4.78 is 64.4. The second-order valence-electron chi connectivity index (χ2n) is 6.98. The molecular formula is C18H18ClF3N4O5S2. The fourth-order valence-corrected chi connectivity index (χ4v) is 5.41. The Bertz CT molecular complexity index is 1150. The summed E-state index contributed by atoms with van der Waals surface area (Å²) in [6, 6.07) is 4.50. The molecule has 1 fully saturated rings. The minimum atomic E-state index is -5.09. The van der Waals surface area contributed by atoms with E-state index in [1.807, 2.05) is 0 Å². The maximum absolute atomic E-state index is 12.6. The van der Waals surface area contributed by atoms with Gasteiger partial charge in [-0.15, -0.1) is 16.4 Å². The van der Waals surface area contributed by atoms with E-state index >= 15 is 0 Å². The van der Waals surface area contributed by atoms with Crippen LogP contribution in [-0.2, 0) is 30.9 Å². The smallest absolute Gasteiger partial charge is 0.361 e. The van der Waals surface area contributed by atoms with Crippen LogP contribution in [0.2, 0.25) is 5.02 Å². The zero-order chi connectivity index (χ0) is 24.4. The number of halogens is 4. The number of nitrogens with zero attached hydrogens (tertiary/aromatic N) is 3. The number of hydrogen-bond acceptors (Lipinski definition) is 8. The molecular weight excluding hydrogens is 509 g/mol. The molecule has 1 aliphatic heterocycles. The van der Waals surface area contributed by atoms with Crippen LogP contribution < -0.4 is 4.72 Å². The highest BCUT2D eigenvalue weighted by atomic mass is 35.5. The number of thiazole rings is 1. The van der Waals surface area contributed by atoms with Crippen LogP contribution >= 0.6 is 22.9 Å². The van der Waals surface area contributed by atoms with E-state index in [-0.39, 0.29) is 48.5 Å². The number of amides is 1. The van der Waals surface area contributed by atoms with E-state index in [2.05, 4.69) is 14.5 Å². The molecule has 9 nitrogen and oxygen atoms in total. The molecule has 1 N–H and O–H groups in total. The van der Waals surface area contributed by atoms with Gasteiger partial charge >= 0.3 is 12.1 Å². The van der Waals surface area contributed by atoms with Crippen LogP contribution in [0.4, 0.5) is 18.3 Å². The fraction of sp³-hybridized carbons (Fsp3) is 0.389. The van der Waals surface area contributed by atoms with Gasteiger partial charge in [-0.2, -0.15) is 13.2 Å². The Labute approximate surface area is 196 Å². The van der Waals surface area contributed by atoms with Gasteiger partial charge in [0, 0.05) is 23.5 Å². The van der Waals surface area contributed by atoms with Crippen LogP contribution in [0, 0.1) is 6.92 Å². The van der Waals surface area contributed by atoms with Crippen LogP contribution in [0.3, 0.4) is 0 Å². The van der Waals surface area contributed by atoms with Crippen LogP contribution in [0.15, 0.2) is 28.5 Å². The van der Waals surface area contributed by atoms with Gasteiger partial charge in [-0.25, -0.2) is 18.2 Å². The number of alkyl halides is 3. The number of carbonyl (C=O) groups is 2. The van der Waals surface area contributed by atoms with E-state index < -0.39 is 22.2 Å². The molecule has 2 heterocycles. The van der Waals surface area contributed by atoms with E-state index in [9.17, 15) is 31.2 Å². The second kappa shape index (κ2) is 9.83. The lowest BCUT2D eigenvalue weighted by Crippen LogP contribution is -2.50. The van der Waals surface area contributed by atoms with Gasteiger partial charge in [0.05, 0.1) is 30.1 Å². The number of piperazine rings is 1. The lowest BCUT2D eigenvalue weighted by Gasteiger charge is -2.33. The van der Waals surface area contributed by atoms with E-state index in [1.165, 1.54) is 22.4 Å². The highest BCUT2D eigenvalue weighted by molar-refractivity contribution is 7.93. The predicted molar refractivity (Wildman–Crippen MR) is 113 cm³/mol. The lowest BCUT2D eigenvalue weighted by atomic mass is 10.2. The number of benzene rings is 1. The summed E-state index contributed by atoms with van der Waals surface area (Å²) in [6.45, 7) is 1.54. The molecule has 180 valence electrons. The summed E-state index contributed by atoms with van der Waals surface area (Å²) in [5, 5.41) is 2.76. The second-order valence-corrected chi connectivity index (χ2v) is 9.89. The molecule has 0 unspecified atom stereocenters. The summed E-state index contributed by atoms with van der Waals surface area (Å²) in [5.41, 5.74) is 0.718. The Morgan fingerprint density at radius 3 is 2.55 bits per heavy atom. The zero-order valence-corrected chi connectivity index (χ0v) is 19.4. The molecule has 0 saturated carbocycles. The number of sulfonamides is 1. The predicted octanol–water partition coefficient (Wildman–Crippen LogP) is 2.61. The Morgan fingerprint density at radius 1 is 1.24 bits per heavy atom. The number of hydrogen-bond donors (Lipinski definition) is 1. The maximum Gasteiger partial charge on any atom is 0.492 e. The number of anilines is 1. The van der Waals surface area contributed by atoms with Crippen LogP contribution in [0.5, 0.6) is 0 Å². The van der Waals surface area contributed by atoms with E-state index in [1.54, 1.807) is 13.0 Å². The third kappa shape index (κ3) is 6.34. The van der Waals surface area contributed by atoms with Crippen molar-refractivity contribution in [2.45, 2.75) is 24.4 Å². The summed E-state index contributed by atoms with van der Waals surface area (Å²) in [6.07, 6.45) is -5.22. The molecule has 33 heavy (non-hydrogen) atoms. The van der Waals surface area contributed by atoms with Crippen molar-refractivity contribution in [3.63, 3.8) is 0 Å². The lowest BCUT2D eigenvalue weighted by molar-refractivity contribution is -0.242. The van der Waals surface area contributed by atoms with Gasteiger partial charge in [-0.3, -0.25) is 9.52 Å². The highest BCUT2D eigenvalue weighted by Gasteiger charge is 2.43. The van der Waals surface area contributed by atoms with Crippen LogP contribution in [0.25, 0.3) is 0 Å². The van der Waals surface area contributed by atoms with Gasteiger partial charge in [-0.1, -0.05) is 17.7 Å². The molecule has 0 aliphatic carbocycles. The van der Waals surface area contributed by atoms with Gasteiger partial charge in [0.1, 0.15) is 0 Å². The topological polar surface area (TPSA) is 109 Å².